The molecule has 0 atom stereocenters. The Morgan fingerprint density at radius 2 is 2.21 bits per heavy atom. The summed E-state index contributed by atoms with van der Waals surface area (Å²) in [7, 11) is 1.89. The van der Waals surface area contributed by atoms with Gasteiger partial charge in [-0.1, -0.05) is 28.5 Å². The van der Waals surface area contributed by atoms with E-state index in [2.05, 4.69) is 10.3 Å². The van der Waals surface area contributed by atoms with E-state index in [1.165, 1.54) is 0 Å². The molecule has 19 heavy (non-hydrogen) atoms. The molecule has 0 fully saturated rings. The third-order valence-corrected chi connectivity index (χ3v) is 3.90. The van der Waals surface area contributed by atoms with Gasteiger partial charge in [-0.2, -0.15) is 5.10 Å². The summed E-state index contributed by atoms with van der Waals surface area (Å²) in [4.78, 5) is 0.961. The number of hydrogen-bond donors (Lipinski definition) is 2. The zero-order valence-corrected chi connectivity index (χ0v) is 12.0. The summed E-state index contributed by atoms with van der Waals surface area (Å²) in [6.45, 7) is 1.94. The first-order chi connectivity index (χ1) is 9.01. The Kier molecular flexibility index (Phi) is 4.01. The molecule has 1 heterocycles. The van der Waals surface area contributed by atoms with Gasteiger partial charge in [-0.15, -0.1) is 0 Å². The minimum absolute atomic E-state index is 0.00192. The number of oxime groups is 1. The van der Waals surface area contributed by atoms with Crippen LogP contribution in [0.4, 0.5) is 0 Å². The molecular formula is C12H13ClN4OS. The van der Waals surface area contributed by atoms with Crippen LogP contribution < -0.4 is 5.73 Å². The highest BCUT2D eigenvalue weighted by Crippen LogP contribution is 2.30. The molecule has 0 aliphatic heterocycles. The van der Waals surface area contributed by atoms with Crippen molar-refractivity contribution in [3.63, 3.8) is 0 Å². The minimum atomic E-state index is -0.00192. The molecule has 0 spiro atoms. The van der Waals surface area contributed by atoms with E-state index >= 15 is 0 Å². The molecule has 100 valence electrons. The Labute approximate surface area is 120 Å². The van der Waals surface area contributed by atoms with Crippen molar-refractivity contribution in [3.8, 4) is 0 Å². The van der Waals surface area contributed by atoms with E-state index in [9.17, 15) is 0 Å². The molecule has 5 nitrogen and oxygen atoms in total. The average Bonchev–Trinajstić information content (AvgIpc) is 2.67. The molecule has 7 heteroatoms. The SMILES string of the molecule is Cc1cc(Sc2ccc(C(N)=NO)c(Cl)c2)n(C)n1. The van der Waals surface area contributed by atoms with Crippen LogP contribution in [0, 0.1) is 6.92 Å². The van der Waals surface area contributed by atoms with Gasteiger partial charge in [0.05, 0.1) is 15.7 Å². The molecule has 2 rings (SSSR count). The molecule has 0 aliphatic rings. The fourth-order valence-electron chi connectivity index (χ4n) is 1.62. The van der Waals surface area contributed by atoms with E-state index in [1.807, 2.05) is 30.8 Å². The molecule has 1 aromatic heterocycles. The Hall–Kier alpha value is -1.66. The number of benzene rings is 1. The molecule has 0 saturated heterocycles. The number of nitrogens with zero attached hydrogens (tertiary/aromatic N) is 3. The minimum Gasteiger partial charge on any atom is -0.409 e. The van der Waals surface area contributed by atoms with E-state index in [4.69, 9.17) is 22.5 Å². The standard InChI is InChI=1S/C12H13ClN4OS/c1-7-5-11(17(2)15-7)19-8-3-4-9(10(13)6-8)12(14)16-18/h3-6,18H,1-2H3,(H2,14,16). The van der Waals surface area contributed by atoms with Gasteiger partial charge in [0.2, 0.25) is 0 Å². The van der Waals surface area contributed by atoms with Crippen molar-refractivity contribution in [1.82, 2.24) is 9.78 Å². The van der Waals surface area contributed by atoms with Gasteiger partial charge >= 0.3 is 0 Å². The van der Waals surface area contributed by atoms with Crippen LogP contribution in [0.25, 0.3) is 0 Å². The fraction of sp³-hybridized carbons (Fsp3) is 0.167. The highest BCUT2D eigenvalue weighted by molar-refractivity contribution is 7.99. The first-order valence-corrected chi connectivity index (χ1v) is 6.66. The number of rotatable bonds is 3. The summed E-state index contributed by atoms with van der Waals surface area (Å²) in [6.07, 6.45) is 0. The van der Waals surface area contributed by atoms with E-state index in [0.29, 0.717) is 10.6 Å². The van der Waals surface area contributed by atoms with Crippen LogP contribution in [0.5, 0.6) is 0 Å². The van der Waals surface area contributed by atoms with Crippen molar-refractivity contribution in [2.75, 3.05) is 0 Å². The van der Waals surface area contributed by atoms with Crippen LogP contribution in [0.15, 0.2) is 39.3 Å². The number of amidine groups is 1. The van der Waals surface area contributed by atoms with Crippen molar-refractivity contribution in [2.24, 2.45) is 17.9 Å². The highest BCUT2D eigenvalue weighted by Gasteiger charge is 2.09. The first-order valence-electron chi connectivity index (χ1n) is 5.47. The lowest BCUT2D eigenvalue weighted by Gasteiger charge is -2.06. The molecular weight excluding hydrogens is 284 g/mol. The van der Waals surface area contributed by atoms with E-state index in [0.717, 1.165) is 15.6 Å². The van der Waals surface area contributed by atoms with Crippen molar-refractivity contribution in [1.29, 1.82) is 0 Å². The molecule has 2 aromatic rings. The summed E-state index contributed by atoms with van der Waals surface area (Å²) >= 11 is 7.66. The van der Waals surface area contributed by atoms with Gasteiger partial charge < -0.3 is 10.9 Å². The lowest BCUT2D eigenvalue weighted by molar-refractivity contribution is 0.318. The highest BCUT2D eigenvalue weighted by atomic mass is 35.5. The smallest absolute Gasteiger partial charge is 0.171 e. The Morgan fingerprint density at radius 1 is 1.47 bits per heavy atom. The first kappa shape index (κ1) is 13.8. The van der Waals surface area contributed by atoms with Crippen LogP contribution in [-0.4, -0.2) is 20.8 Å². The van der Waals surface area contributed by atoms with Crippen molar-refractivity contribution < 1.29 is 5.21 Å². The number of aromatic nitrogens is 2. The van der Waals surface area contributed by atoms with Crippen LogP contribution in [-0.2, 0) is 7.05 Å². The monoisotopic (exact) mass is 296 g/mol. The second-order valence-corrected chi connectivity index (χ2v) is 5.48. The van der Waals surface area contributed by atoms with Crippen LogP contribution in [0.3, 0.4) is 0 Å². The van der Waals surface area contributed by atoms with Crippen molar-refractivity contribution in [2.45, 2.75) is 16.8 Å². The van der Waals surface area contributed by atoms with Crippen LogP contribution in [0.1, 0.15) is 11.3 Å². The quantitative estimate of drug-likeness (QED) is 0.395. The number of nitrogens with two attached hydrogens (primary N) is 1. The molecule has 0 radical (unpaired) electrons. The summed E-state index contributed by atoms with van der Waals surface area (Å²) in [5.74, 6) is -0.00192. The zero-order valence-electron chi connectivity index (χ0n) is 10.5. The predicted octanol–water partition coefficient (Wildman–Crippen LogP) is 2.63. The molecule has 1 aromatic carbocycles. The normalized spacial score (nSPS) is 11.8. The predicted molar refractivity (Wildman–Crippen MR) is 76.0 cm³/mol. The number of aryl methyl sites for hydroxylation is 2. The van der Waals surface area contributed by atoms with Crippen LogP contribution in [0.2, 0.25) is 5.02 Å². The maximum Gasteiger partial charge on any atom is 0.171 e. The summed E-state index contributed by atoms with van der Waals surface area (Å²) in [5, 5.41) is 17.3. The Bertz CT molecular complexity index is 639. The second kappa shape index (κ2) is 5.54. The van der Waals surface area contributed by atoms with Gasteiger partial charge in [-0.05, 0) is 31.2 Å². The van der Waals surface area contributed by atoms with Crippen molar-refractivity contribution >= 4 is 29.2 Å². The van der Waals surface area contributed by atoms with Crippen LogP contribution >= 0.6 is 23.4 Å². The molecule has 0 amide bonds. The van der Waals surface area contributed by atoms with E-state index in [1.54, 1.807) is 23.9 Å². The summed E-state index contributed by atoms with van der Waals surface area (Å²) in [5.41, 5.74) is 6.99. The third kappa shape index (κ3) is 3.02. The van der Waals surface area contributed by atoms with Gasteiger partial charge in [-0.25, -0.2) is 0 Å². The molecule has 0 aliphatic carbocycles. The Morgan fingerprint density at radius 3 is 2.74 bits per heavy atom. The van der Waals surface area contributed by atoms with E-state index < -0.39 is 0 Å². The van der Waals surface area contributed by atoms with Gasteiger partial charge in [0.1, 0.15) is 0 Å². The topological polar surface area (TPSA) is 76.4 Å². The lowest BCUT2D eigenvalue weighted by Crippen LogP contribution is -2.13. The number of hydrogen-bond acceptors (Lipinski definition) is 4. The Balaban J connectivity index is 2.28. The molecule has 0 unspecified atom stereocenters. The largest absolute Gasteiger partial charge is 0.409 e. The fourth-order valence-corrected chi connectivity index (χ4v) is 2.92. The summed E-state index contributed by atoms with van der Waals surface area (Å²) < 4.78 is 1.81. The molecule has 0 saturated carbocycles. The van der Waals surface area contributed by atoms with Crippen molar-refractivity contribution in [3.05, 3.63) is 40.5 Å². The third-order valence-electron chi connectivity index (χ3n) is 2.51. The van der Waals surface area contributed by atoms with Gasteiger partial charge in [0, 0.05) is 17.5 Å². The maximum absolute atomic E-state index is 8.64. The van der Waals surface area contributed by atoms with E-state index in [-0.39, 0.29) is 5.84 Å². The van der Waals surface area contributed by atoms with Gasteiger partial charge in [-0.3, -0.25) is 4.68 Å². The maximum atomic E-state index is 8.64. The molecule has 0 bridgehead atoms. The lowest BCUT2D eigenvalue weighted by atomic mass is 10.2. The van der Waals surface area contributed by atoms with Gasteiger partial charge in [0.15, 0.2) is 5.84 Å². The zero-order chi connectivity index (χ0) is 14.0. The van der Waals surface area contributed by atoms with Gasteiger partial charge in [0.25, 0.3) is 0 Å². The molecule has 3 N–H and O–H groups in total. The second-order valence-electron chi connectivity index (χ2n) is 3.98. The average molecular weight is 297 g/mol. The number of halogens is 1. The summed E-state index contributed by atoms with van der Waals surface area (Å²) in [6, 6.07) is 7.37.